The van der Waals surface area contributed by atoms with Crippen LogP contribution in [0, 0.1) is 0 Å². The molecule has 0 radical (unpaired) electrons. The SMILES string of the molecule is CC1=CCCOC(=O)C[C@H](c2ccc(O[Si](C)(C)C(C)(C)C)c(Cl)c2)NC(=O)[C@@H](Cc2c(Cl)[nH]c3ccccc23)N(C)C(=O)[C@H](C)NC(=O)CC1. The number of allylic oxidation sites excluding steroid dienone is 1. The summed E-state index contributed by atoms with van der Waals surface area (Å²) >= 11 is 13.5. The van der Waals surface area contributed by atoms with E-state index in [4.69, 9.17) is 32.4 Å². The molecule has 0 saturated carbocycles. The van der Waals surface area contributed by atoms with Crippen molar-refractivity contribution in [3.8, 4) is 5.75 Å². The number of nitrogens with one attached hydrogen (secondary N) is 3. The van der Waals surface area contributed by atoms with E-state index in [1.807, 2.05) is 37.3 Å². The molecule has 0 fully saturated rings. The number of fused-ring (bicyclic) bond motifs is 1. The number of aromatic amines is 1. The van der Waals surface area contributed by atoms with Gasteiger partial charge in [-0.1, -0.05) is 79.9 Å². The fourth-order valence-electron chi connectivity index (χ4n) is 5.68. The summed E-state index contributed by atoms with van der Waals surface area (Å²) in [6.45, 7) is 14.3. The lowest BCUT2D eigenvalue weighted by Crippen LogP contribution is -2.54. The van der Waals surface area contributed by atoms with Gasteiger partial charge in [-0.15, -0.1) is 0 Å². The van der Waals surface area contributed by atoms with Gasteiger partial charge in [0.1, 0.15) is 23.0 Å². The number of esters is 1. The minimum atomic E-state index is -2.22. The molecule has 3 N–H and O–H groups in total. The molecule has 3 amide bonds. The summed E-state index contributed by atoms with van der Waals surface area (Å²) in [7, 11) is -0.696. The van der Waals surface area contributed by atoms with Crippen LogP contribution in [0.4, 0.5) is 0 Å². The molecule has 0 aliphatic carbocycles. The molecule has 3 atom stereocenters. The van der Waals surface area contributed by atoms with Gasteiger partial charge in [0.25, 0.3) is 8.32 Å². The average Bonchev–Trinajstić information content (AvgIpc) is 3.37. The Morgan fingerprint density at radius 1 is 1.02 bits per heavy atom. The lowest BCUT2D eigenvalue weighted by Gasteiger charge is -2.36. The Balaban J connectivity index is 1.74. The van der Waals surface area contributed by atoms with E-state index in [1.54, 1.807) is 25.1 Å². The Bertz CT molecular complexity index is 1800. The van der Waals surface area contributed by atoms with Crippen LogP contribution in [0.3, 0.4) is 0 Å². The van der Waals surface area contributed by atoms with Crippen LogP contribution in [0.1, 0.15) is 77.5 Å². The number of carbonyl (C=O) groups is 4. The number of H-pyrrole nitrogens is 1. The van der Waals surface area contributed by atoms with E-state index in [0.717, 1.165) is 16.5 Å². The van der Waals surface area contributed by atoms with Crippen molar-refractivity contribution in [1.82, 2.24) is 20.5 Å². The maximum Gasteiger partial charge on any atom is 0.308 e. The number of nitrogens with zero attached hydrogens (tertiary/aromatic N) is 1. The summed E-state index contributed by atoms with van der Waals surface area (Å²) in [5, 5.41) is 7.24. The minimum absolute atomic E-state index is 0.0544. The number of hydrogen-bond donors (Lipinski definition) is 3. The van der Waals surface area contributed by atoms with Gasteiger partial charge in [0.2, 0.25) is 17.7 Å². The smallest absolute Gasteiger partial charge is 0.308 e. The fourth-order valence-corrected chi connectivity index (χ4v) is 7.29. The van der Waals surface area contributed by atoms with Gasteiger partial charge in [0.15, 0.2) is 0 Å². The molecule has 0 saturated heterocycles. The van der Waals surface area contributed by atoms with Gasteiger partial charge in [0, 0.05) is 30.8 Å². The highest BCUT2D eigenvalue weighted by Crippen LogP contribution is 2.40. The molecular formula is C38H50Cl2N4O6Si. The van der Waals surface area contributed by atoms with E-state index >= 15 is 0 Å². The lowest BCUT2D eigenvalue weighted by atomic mass is 9.99. The molecule has 10 nitrogen and oxygen atoms in total. The first-order valence-electron chi connectivity index (χ1n) is 17.3. The van der Waals surface area contributed by atoms with Crippen molar-refractivity contribution in [3.05, 3.63) is 75.4 Å². The van der Waals surface area contributed by atoms with Crippen molar-refractivity contribution in [2.45, 2.75) is 103 Å². The van der Waals surface area contributed by atoms with Crippen molar-refractivity contribution < 1.29 is 28.3 Å². The Hall–Kier alpha value is -3.80. The Morgan fingerprint density at radius 3 is 2.41 bits per heavy atom. The summed E-state index contributed by atoms with van der Waals surface area (Å²) in [6, 6.07) is 9.90. The number of aromatic nitrogens is 1. The first-order valence-corrected chi connectivity index (χ1v) is 21.0. The number of carbonyl (C=O) groups excluding carboxylic acids is 4. The van der Waals surface area contributed by atoms with Gasteiger partial charge in [-0.05, 0) is 74.1 Å². The molecule has 0 spiro atoms. The fraction of sp³-hybridized carbons (Fsp3) is 0.474. The highest BCUT2D eigenvalue weighted by Gasteiger charge is 2.39. The number of benzene rings is 2. The predicted molar refractivity (Wildman–Crippen MR) is 205 cm³/mol. The summed E-state index contributed by atoms with van der Waals surface area (Å²) in [5.74, 6) is -1.27. The van der Waals surface area contributed by atoms with Gasteiger partial charge in [0.05, 0.1) is 24.1 Å². The van der Waals surface area contributed by atoms with Gasteiger partial charge >= 0.3 is 5.97 Å². The van der Waals surface area contributed by atoms with Crippen molar-refractivity contribution in [3.63, 3.8) is 0 Å². The van der Waals surface area contributed by atoms with Crippen LogP contribution >= 0.6 is 23.2 Å². The molecule has 3 aromatic rings. The first kappa shape index (κ1) is 40.0. The number of cyclic esters (lactones) is 1. The van der Waals surface area contributed by atoms with Crippen LogP contribution in [-0.4, -0.2) is 67.6 Å². The third kappa shape index (κ3) is 10.2. The molecule has 276 valence electrons. The van der Waals surface area contributed by atoms with E-state index in [9.17, 15) is 19.2 Å². The quantitative estimate of drug-likeness (QED) is 0.139. The van der Waals surface area contributed by atoms with Crippen molar-refractivity contribution in [2.75, 3.05) is 13.7 Å². The number of halogens is 2. The number of rotatable bonds is 5. The summed E-state index contributed by atoms with van der Waals surface area (Å²) in [4.78, 5) is 58.8. The van der Waals surface area contributed by atoms with E-state index < -0.39 is 44.2 Å². The van der Waals surface area contributed by atoms with Gasteiger partial charge < -0.3 is 29.7 Å². The van der Waals surface area contributed by atoms with E-state index in [2.05, 4.69) is 49.5 Å². The highest BCUT2D eigenvalue weighted by atomic mass is 35.5. The molecule has 1 aliphatic heterocycles. The number of hydrogen-bond acceptors (Lipinski definition) is 6. The number of likely N-dealkylation sites (N-methyl/N-ethyl adjacent to an activating group) is 1. The van der Waals surface area contributed by atoms with Crippen molar-refractivity contribution in [1.29, 1.82) is 0 Å². The van der Waals surface area contributed by atoms with Crippen LogP contribution < -0.4 is 15.1 Å². The second-order valence-electron chi connectivity index (χ2n) is 14.8. The zero-order valence-electron chi connectivity index (χ0n) is 30.7. The second kappa shape index (κ2) is 16.7. The standard InChI is InChI=1S/C38H50Cl2N4O6Si/c1-23-12-11-19-49-34(46)22-30(25-16-17-32(28(39)20-25)50-51(7,8)38(3,4)5)43-36(47)31(44(6)37(48)24(2)41-33(45)18-15-23)21-27-26-13-9-10-14-29(26)42-35(27)40/h9-10,12-14,16-17,20,24,30-31,42H,11,15,18-19,21-22H2,1-8H3,(H,41,45)(H,43,47)/t24-,30+,31+/m0/s1. The summed E-state index contributed by atoms with van der Waals surface area (Å²) in [6.07, 6.45) is 2.93. The molecule has 13 heteroatoms. The molecule has 1 aliphatic rings. The van der Waals surface area contributed by atoms with Crippen LogP contribution in [0.15, 0.2) is 54.1 Å². The number of amides is 3. The summed E-state index contributed by atoms with van der Waals surface area (Å²) in [5.41, 5.74) is 2.97. The molecule has 0 bridgehead atoms. The molecule has 2 aromatic carbocycles. The largest absolute Gasteiger partial charge is 0.543 e. The molecule has 51 heavy (non-hydrogen) atoms. The zero-order valence-corrected chi connectivity index (χ0v) is 33.3. The highest BCUT2D eigenvalue weighted by molar-refractivity contribution is 6.74. The maximum atomic E-state index is 14.4. The zero-order chi connectivity index (χ0) is 37.7. The first-order chi connectivity index (χ1) is 23.9. The topological polar surface area (TPSA) is 130 Å². The van der Waals surface area contributed by atoms with E-state index in [-0.39, 0.29) is 36.8 Å². The van der Waals surface area contributed by atoms with E-state index in [0.29, 0.717) is 39.9 Å². The third-order valence-corrected chi connectivity index (χ3v) is 14.8. The van der Waals surface area contributed by atoms with Crippen LogP contribution in [0.5, 0.6) is 5.75 Å². The third-order valence-electron chi connectivity index (χ3n) is 9.86. The van der Waals surface area contributed by atoms with E-state index in [1.165, 1.54) is 11.9 Å². The normalized spacial score (nSPS) is 20.9. The van der Waals surface area contributed by atoms with Crippen molar-refractivity contribution >= 4 is 66.1 Å². The number of ether oxygens (including phenoxy) is 1. The monoisotopic (exact) mass is 756 g/mol. The van der Waals surface area contributed by atoms with Gasteiger partial charge in [-0.2, -0.15) is 0 Å². The van der Waals surface area contributed by atoms with Crippen molar-refractivity contribution in [2.24, 2.45) is 0 Å². The Morgan fingerprint density at radius 2 is 1.73 bits per heavy atom. The minimum Gasteiger partial charge on any atom is -0.543 e. The summed E-state index contributed by atoms with van der Waals surface area (Å²) < 4.78 is 12.0. The molecule has 1 aromatic heterocycles. The lowest BCUT2D eigenvalue weighted by molar-refractivity contribution is -0.145. The van der Waals surface area contributed by atoms with Crippen LogP contribution in [0.2, 0.25) is 28.3 Å². The van der Waals surface area contributed by atoms with Crippen LogP contribution in [0.25, 0.3) is 10.9 Å². The second-order valence-corrected chi connectivity index (χ2v) is 20.3. The predicted octanol–water partition coefficient (Wildman–Crippen LogP) is 7.65. The maximum absolute atomic E-state index is 14.4. The molecular weight excluding hydrogens is 707 g/mol. The molecule has 4 rings (SSSR count). The Labute approximate surface area is 311 Å². The Kier molecular flexibility index (Phi) is 13.1. The van der Waals surface area contributed by atoms with Gasteiger partial charge in [-0.3, -0.25) is 19.2 Å². The number of para-hydroxylation sites is 1. The van der Waals surface area contributed by atoms with Gasteiger partial charge in [-0.25, -0.2) is 0 Å². The van der Waals surface area contributed by atoms with Crippen LogP contribution in [-0.2, 0) is 30.3 Å². The molecule has 2 heterocycles. The molecule has 0 unspecified atom stereocenters. The average molecular weight is 758 g/mol.